The molecule has 8 rings (SSSR count). The number of hydrogen-bond donors (Lipinski definition) is 0. The highest BCUT2D eigenvalue weighted by atomic mass is 31.2. The molecule has 0 N–H and O–H groups in total. The van der Waals surface area contributed by atoms with Crippen LogP contribution in [0.2, 0.25) is 0 Å². The van der Waals surface area contributed by atoms with E-state index in [0.29, 0.717) is 0 Å². The van der Waals surface area contributed by atoms with E-state index in [9.17, 15) is 0 Å². The molecule has 1 unspecified atom stereocenters. The summed E-state index contributed by atoms with van der Waals surface area (Å²) in [5.74, 6) is 0.165. The van der Waals surface area contributed by atoms with Gasteiger partial charge in [0.15, 0.2) is 0 Å². The molecule has 0 fully saturated rings. The molecule has 1 atom stereocenters. The Hall–Kier alpha value is -5.78. The Balaban J connectivity index is 1.30. The first-order valence-electron chi connectivity index (χ1n) is 18.9. The van der Waals surface area contributed by atoms with Crippen molar-refractivity contribution in [1.82, 2.24) is 0 Å². The minimum atomic E-state index is -2.45. The Bertz CT molecular complexity index is 2370. The molecule has 0 spiro atoms. The highest BCUT2D eigenvalue weighted by molar-refractivity contribution is 7.88. The van der Waals surface area contributed by atoms with Crippen LogP contribution in [0.4, 0.5) is 11.4 Å². The largest absolute Gasteiger partial charge is 0.254 e. The van der Waals surface area contributed by atoms with Gasteiger partial charge in [0.05, 0.1) is 25.5 Å². The van der Waals surface area contributed by atoms with Gasteiger partial charge in [-0.25, -0.2) is 0 Å². The molecular weight excluding hydrogens is 703 g/mol. The third kappa shape index (κ3) is 7.37. The lowest BCUT2D eigenvalue weighted by molar-refractivity contribution is 0.761. The van der Waals surface area contributed by atoms with Gasteiger partial charge in [0, 0.05) is 31.8 Å². The molecule has 0 aromatic heterocycles. The van der Waals surface area contributed by atoms with Crippen molar-refractivity contribution < 1.29 is 0 Å². The fraction of sp³-hybridized carbons (Fsp3) is 0.0588. The normalized spacial score (nSPS) is 12.1. The van der Waals surface area contributed by atoms with Crippen molar-refractivity contribution in [3.63, 3.8) is 0 Å². The maximum absolute atomic E-state index is 5.96. The zero-order chi connectivity index (χ0) is 37.3. The van der Waals surface area contributed by atoms with Crippen LogP contribution in [0.3, 0.4) is 0 Å². The standard InChI is InChI=1S/C51H44N2P2/c1-41(49-37-21-23-39-51(49)53-55(46-31-14-5-15-32-46,47-33-16-6-17-34-47)48-35-18-7-19-36-48)40-42-24-20-22-38-50(42)52-54(43-25-8-2-9-26-43,44-27-10-3-11-28-44)45-29-12-4-13-30-45/h2-39,41H,40H2,1H3. The maximum Gasteiger partial charge on any atom is 0.0660 e. The fourth-order valence-electron chi connectivity index (χ4n) is 7.64. The lowest BCUT2D eigenvalue weighted by Gasteiger charge is -2.28. The molecule has 0 aliphatic rings. The molecule has 0 saturated heterocycles. The Morgan fingerprint density at radius 1 is 0.327 bits per heavy atom. The molecule has 0 heterocycles. The third-order valence-electron chi connectivity index (χ3n) is 10.3. The summed E-state index contributed by atoms with van der Waals surface area (Å²) in [6.45, 7) is 2.34. The van der Waals surface area contributed by atoms with Gasteiger partial charge in [-0.3, -0.25) is 9.49 Å². The Kier molecular flexibility index (Phi) is 11.0. The van der Waals surface area contributed by atoms with E-state index in [1.54, 1.807) is 0 Å². The van der Waals surface area contributed by atoms with E-state index in [1.165, 1.54) is 43.0 Å². The van der Waals surface area contributed by atoms with Crippen LogP contribution in [-0.4, -0.2) is 0 Å². The predicted molar refractivity (Wildman–Crippen MR) is 239 cm³/mol. The number of nitrogens with zero attached hydrogens (tertiary/aromatic N) is 2. The highest BCUT2D eigenvalue weighted by Crippen LogP contribution is 2.52. The van der Waals surface area contributed by atoms with E-state index in [1.807, 2.05) is 0 Å². The van der Waals surface area contributed by atoms with Crippen LogP contribution in [-0.2, 0) is 6.42 Å². The van der Waals surface area contributed by atoms with Crippen LogP contribution < -0.4 is 31.8 Å². The second kappa shape index (κ2) is 16.7. The summed E-state index contributed by atoms with van der Waals surface area (Å²) >= 11 is 0. The van der Waals surface area contributed by atoms with Gasteiger partial charge >= 0.3 is 0 Å². The molecule has 55 heavy (non-hydrogen) atoms. The van der Waals surface area contributed by atoms with Gasteiger partial charge in [-0.2, -0.15) is 0 Å². The van der Waals surface area contributed by atoms with E-state index in [4.69, 9.17) is 9.49 Å². The first kappa shape index (κ1) is 36.2. The third-order valence-corrected chi connectivity index (χ3v) is 17.6. The summed E-state index contributed by atoms with van der Waals surface area (Å²) in [6.07, 6.45) is 0.817. The van der Waals surface area contributed by atoms with Gasteiger partial charge < -0.3 is 0 Å². The smallest absolute Gasteiger partial charge is 0.0660 e. The van der Waals surface area contributed by atoms with Crippen molar-refractivity contribution in [3.8, 4) is 0 Å². The van der Waals surface area contributed by atoms with E-state index >= 15 is 0 Å². The van der Waals surface area contributed by atoms with Gasteiger partial charge in [-0.05, 0) is 35.6 Å². The Morgan fingerprint density at radius 3 is 0.964 bits per heavy atom. The summed E-state index contributed by atoms with van der Waals surface area (Å²) < 4.78 is 11.9. The summed E-state index contributed by atoms with van der Waals surface area (Å²) in [5.41, 5.74) is 4.54. The molecule has 0 amide bonds. The van der Waals surface area contributed by atoms with Crippen molar-refractivity contribution >= 4 is 57.3 Å². The first-order valence-corrected chi connectivity index (χ1v) is 22.4. The lowest BCUT2D eigenvalue weighted by Crippen LogP contribution is -2.25. The van der Waals surface area contributed by atoms with Gasteiger partial charge in [0.1, 0.15) is 0 Å². The molecule has 0 radical (unpaired) electrons. The average molecular weight is 747 g/mol. The highest BCUT2D eigenvalue weighted by Gasteiger charge is 2.30. The zero-order valence-corrected chi connectivity index (χ0v) is 32.8. The van der Waals surface area contributed by atoms with Gasteiger partial charge in [0.25, 0.3) is 0 Å². The van der Waals surface area contributed by atoms with E-state index < -0.39 is 14.1 Å². The second-order valence-electron chi connectivity index (χ2n) is 13.8. The Morgan fingerprint density at radius 2 is 0.600 bits per heavy atom. The maximum atomic E-state index is 5.96. The van der Waals surface area contributed by atoms with Gasteiger partial charge in [-0.1, -0.05) is 225 Å². The van der Waals surface area contributed by atoms with Crippen LogP contribution in [0.25, 0.3) is 0 Å². The number of hydrogen-bond acceptors (Lipinski definition) is 2. The molecule has 8 aromatic rings. The molecular formula is C51H44N2P2. The zero-order valence-electron chi connectivity index (χ0n) is 31.0. The molecule has 268 valence electrons. The van der Waals surface area contributed by atoms with Crippen LogP contribution in [0.15, 0.2) is 240 Å². The topological polar surface area (TPSA) is 24.7 Å². The average Bonchev–Trinajstić information content (AvgIpc) is 3.27. The lowest BCUT2D eigenvalue weighted by atomic mass is 9.92. The molecule has 8 aromatic carbocycles. The van der Waals surface area contributed by atoms with Gasteiger partial charge in [-0.15, -0.1) is 0 Å². The van der Waals surface area contributed by atoms with Crippen LogP contribution in [0.1, 0.15) is 24.0 Å². The summed E-state index contributed by atoms with van der Waals surface area (Å²) in [4.78, 5) is 0. The van der Waals surface area contributed by atoms with Crippen LogP contribution in [0, 0.1) is 0 Å². The van der Waals surface area contributed by atoms with Crippen molar-refractivity contribution in [2.45, 2.75) is 19.3 Å². The molecule has 2 nitrogen and oxygen atoms in total. The summed E-state index contributed by atoms with van der Waals surface area (Å²) in [7, 11) is -4.90. The molecule has 4 heteroatoms. The monoisotopic (exact) mass is 746 g/mol. The first-order chi connectivity index (χ1) is 27.2. The van der Waals surface area contributed by atoms with Crippen molar-refractivity contribution in [3.05, 3.63) is 242 Å². The molecule has 0 aliphatic heterocycles. The number of rotatable bonds is 11. The second-order valence-corrected chi connectivity index (χ2v) is 19.8. The minimum Gasteiger partial charge on any atom is -0.254 e. The van der Waals surface area contributed by atoms with E-state index in [-0.39, 0.29) is 5.92 Å². The van der Waals surface area contributed by atoms with Crippen LogP contribution >= 0.6 is 14.1 Å². The predicted octanol–water partition coefficient (Wildman–Crippen LogP) is 11.7. The van der Waals surface area contributed by atoms with Crippen molar-refractivity contribution in [2.75, 3.05) is 0 Å². The minimum absolute atomic E-state index is 0.165. The summed E-state index contributed by atoms with van der Waals surface area (Å²) in [6, 6.07) is 82.8. The summed E-state index contributed by atoms with van der Waals surface area (Å²) in [5, 5.41) is 7.43. The fourth-order valence-corrected chi connectivity index (χ4v) is 14.8. The van der Waals surface area contributed by atoms with E-state index in [2.05, 4.69) is 237 Å². The van der Waals surface area contributed by atoms with Gasteiger partial charge in [0.2, 0.25) is 0 Å². The SMILES string of the molecule is CC(Cc1ccccc1N=P(c1ccccc1)(c1ccccc1)c1ccccc1)c1ccccc1N=P(c1ccccc1)(c1ccccc1)c1ccccc1. The molecule has 0 aliphatic carbocycles. The molecule has 0 saturated carbocycles. The number of benzene rings is 8. The van der Waals surface area contributed by atoms with Crippen molar-refractivity contribution in [1.29, 1.82) is 0 Å². The molecule has 0 bridgehead atoms. The van der Waals surface area contributed by atoms with Crippen LogP contribution in [0.5, 0.6) is 0 Å². The van der Waals surface area contributed by atoms with Crippen molar-refractivity contribution in [2.24, 2.45) is 9.49 Å². The van der Waals surface area contributed by atoms with E-state index in [0.717, 1.165) is 17.8 Å². The quantitative estimate of drug-likeness (QED) is 0.118. The Labute approximate surface area is 326 Å².